The average Bonchev–Trinajstić information content (AvgIpc) is 2.18. The maximum absolute atomic E-state index is 4.26. The fourth-order valence-corrected chi connectivity index (χ4v) is 1.68. The van der Waals surface area contributed by atoms with Crippen LogP contribution in [0.2, 0.25) is 0 Å². The van der Waals surface area contributed by atoms with E-state index in [0.717, 1.165) is 5.70 Å². The van der Waals surface area contributed by atoms with Gasteiger partial charge >= 0.3 is 0 Å². The molecule has 80 valence electrons. The Hall–Kier alpha value is -0.850. The summed E-state index contributed by atoms with van der Waals surface area (Å²) >= 11 is 0. The maximum Gasteiger partial charge on any atom is 0.0371 e. The highest BCUT2D eigenvalue weighted by molar-refractivity contribution is 5.55. The van der Waals surface area contributed by atoms with Crippen LogP contribution in [0, 0.1) is 5.92 Å². The predicted molar refractivity (Wildman–Crippen MR) is 65.8 cm³/mol. The Labute approximate surface area is 88.6 Å². The van der Waals surface area contributed by atoms with E-state index in [1.165, 1.54) is 18.4 Å². The predicted octanol–water partition coefficient (Wildman–Crippen LogP) is 4.36. The summed E-state index contributed by atoms with van der Waals surface area (Å²) in [6.45, 7) is 10.6. The fraction of sp³-hybridized carbons (Fsp3) is 0.615. The van der Waals surface area contributed by atoms with Crippen molar-refractivity contribution in [2.75, 3.05) is 0 Å². The molecule has 0 heterocycles. The first kappa shape index (κ1) is 13.2. The van der Waals surface area contributed by atoms with Crippen LogP contribution in [0.1, 0.15) is 47.5 Å². The summed E-state index contributed by atoms with van der Waals surface area (Å²) in [5.74, 6) is 0.682. The van der Waals surface area contributed by atoms with Gasteiger partial charge in [-0.1, -0.05) is 19.9 Å². The Kier molecular flexibility index (Phi) is 7.09. The molecule has 0 radical (unpaired) electrons. The van der Waals surface area contributed by atoms with Crippen LogP contribution in [0.4, 0.5) is 0 Å². The highest BCUT2D eigenvalue weighted by Gasteiger charge is 2.06. The summed E-state index contributed by atoms with van der Waals surface area (Å²) in [5, 5.41) is 0. The van der Waals surface area contributed by atoms with E-state index >= 15 is 0 Å². The van der Waals surface area contributed by atoms with Crippen molar-refractivity contribution in [3.63, 3.8) is 0 Å². The molecular weight excluding hydrogens is 170 g/mol. The number of rotatable bonds is 5. The van der Waals surface area contributed by atoms with Gasteiger partial charge in [-0.2, -0.15) is 0 Å². The van der Waals surface area contributed by atoms with Gasteiger partial charge in [-0.15, -0.1) is 0 Å². The lowest BCUT2D eigenvalue weighted by atomic mass is 9.93. The first-order valence-electron chi connectivity index (χ1n) is 5.52. The van der Waals surface area contributed by atoms with Crippen LogP contribution in [-0.2, 0) is 0 Å². The molecule has 0 rings (SSSR count). The van der Waals surface area contributed by atoms with Crippen LogP contribution >= 0.6 is 0 Å². The zero-order valence-corrected chi connectivity index (χ0v) is 10.2. The summed E-state index contributed by atoms with van der Waals surface area (Å²) < 4.78 is 0. The monoisotopic (exact) mass is 193 g/mol. The smallest absolute Gasteiger partial charge is 0.0371 e. The minimum atomic E-state index is 0.682. The largest absolute Gasteiger partial charge is 0.266 e. The van der Waals surface area contributed by atoms with E-state index in [1.807, 2.05) is 20.1 Å². The molecule has 0 spiro atoms. The Morgan fingerprint density at radius 2 is 1.79 bits per heavy atom. The highest BCUT2D eigenvalue weighted by Crippen LogP contribution is 2.21. The van der Waals surface area contributed by atoms with Crippen molar-refractivity contribution in [2.24, 2.45) is 10.9 Å². The van der Waals surface area contributed by atoms with Crippen molar-refractivity contribution >= 4 is 6.21 Å². The quantitative estimate of drug-likeness (QED) is 0.454. The van der Waals surface area contributed by atoms with E-state index in [9.17, 15) is 0 Å². The molecule has 0 N–H and O–H groups in total. The molecule has 0 atom stereocenters. The van der Waals surface area contributed by atoms with Gasteiger partial charge in [-0.3, -0.25) is 4.99 Å². The SMILES string of the molecule is CC=N/C(C)=C\C(=C/C)C(CC)CC. The van der Waals surface area contributed by atoms with Gasteiger partial charge in [-0.05, 0) is 51.2 Å². The van der Waals surface area contributed by atoms with E-state index in [4.69, 9.17) is 0 Å². The molecule has 0 aromatic heterocycles. The van der Waals surface area contributed by atoms with Gasteiger partial charge in [0.1, 0.15) is 0 Å². The number of hydrogen-bond donors (Lipinski definition) is 0. The molecule has 0 aromatic carbocycles. The first-order chi connectivity index (χ1) is 6.69. The van der Waals surface area contributed by atoms with E-state index in [2.05, 4.69) is 37.9 Å². The van der Waals surface area contributed by atoms with Crippen molar-refractivity contribution in [2.45, 2.75) is 47.5 Å². The Balaban J connectivity index is 4.66. The van der Waals surface area contributed by atoms with Crippen molar-refractivity contribution in [3.05, 3.63) is 23.4 Å². The van der Waals surface area contributed by atoms with Gasteiger partial charge in [0.2, 0.25) is 0 Å². The van der Waals surface area contributed by atoms with Gasteiger partial charge in [0, 0.05) is 11.9 Å². The third kappa shape index (κ3) is 4.40. The van der Waals surface area contributed by atoms with Gasteiger partial charge in [0.15, 0.2) is 0 Å². The van der Waals surface area contributed by atoms with Gasteiger partial charge in [-0.25, -0.2) is 0 Å². The zero-order valence-electron chi connectivity index (χ0n) is 10.2. The molecule has 0 saturated carbocycles. The molecule has 0 aliphatic carbocycles. The average molecular weight is 193 g/mol. The van der Waals surface area contributed by atoms with Crippen LogP contribution in [0.3, 0.4) is 0 Å². The van der Waals surface area contributed by atoms with Gasteiger partial charge < -0.3 is 0 Å². The van der Waals surface area contributed by atoms with Gasteiger partial charge in [0.05, 0.1) is 0 Å². The maximum atomic E-state index is 4.26. The Morgan fingerprint density at radius 1 is 1.21 bits per heavy atom. The second-order valence-corrected chi connectivity index (χ2v) is 3.48. The molecule has 1 heteroatoms. The molecule has 0 unspecified atom stereocenters. The van der Waals surface area contributed by atoms with Crippen molar-refractivity contribution in [1.82, 2.24) is 0 Å². The van der Waals surface area contributed by atoms with Crippen LogP contribution in [0.15, 0.2) is 28.4 Å². The fourth-order valence-electron chi connectivity index (χ4n) is 1.68. The van der Waals surface area contributed by atoms with Crippen molar-refractivity contribution in [3.8, 4) is 0 Å². The third-order valence-corrected chi connectivity index (χ3v) is 2.50. The number of allylic oxidation sites excluding steroid dienone is 4. The molecule has 14 heavy (non-hydrogen) atoms. The lowest BCUT2D eigenvalue weighted by Crippen LogP contribution is -1.99. The lowest BCUT2D eigenvalue weighted by molar-refractivity contribution is 0.582. The van der Waals surface area contributed by atoms with Crippen molar-refractivity contribution in [1.29, 1.82) is 0 Å². The molecule has 0 fully saturated rings. The lowest BCUT2D eigenvalue weighted by Gasteiger charge is -2.13. The van der Waals surface area contributed by atoms with Crippen LogP contribution in [0.5, 0.6) is 0 Å². The first-order valence-corrected chi connectivity index (χ1v) is 5.52. The highest BCUT2D eigenvalue weighted by atomic mass is 14.7. The number of nitrogens with zero attached hydrogens (tertiary/aromatic N) is 1. The van der Waals surface area contributed by atoms with Crippen LogP contribution in [0.25, 0.3) is 0 Å². The van der Waals surface area contributed by atoms with Crippen LogP contribution < -0.4 is 0 Å². The summed E-state index contributed by atoms with van der Waals surface area (Å²) in [7, 11) is 0. The third-order valence-electron chi connectivity index (χ3n) is 2.50. The standard InChI is InChI=1S/C13H23N/c1-6-12(7-2)13(8-3)10-11(5)14-9-4/h8-10,12H,6-7H2,1-5H3/b11-10-,13-8+,14-9?. The van der Waals surface area contributed by atoms with Crippen LogP contribution in [-0.4, -0.2) is 6.21 Å². The summed E-state index contributed by atoms with van der Waals surface area (Å²) in [6, 6.07) is 0. The number of aliphatic imine (C=N–C) groups is 1. The molecule has 0 aliphatic heterocycles. The Morgan fingerprint density at radius 3 is 2.14 bits per heavy atom. The molecule has 0 amide bonds. The molecular formula is C13H23N. The summed E-state index contributed by atoms with van der Waals surface area (Å²) in [6.07, 6.45) is 8.64. The van der Waals surface area contributed by atoms with E-state index in [-0.39, 0.29) is 0 Å². The molecule has 1 nitrogen and oxygen atoms in total. The zero-order chi connectivity index (χ0) is 11.0. The normalized spacial score (nSPS) is 14.4. The van der Waals surface area contributed by atoms with E-state index < -0.39 is 0 Å². The second-order valence-electron chi connectivity index (χ2n) is 3.48. The summed E-state index contributed by atoms with van der Waals surface area (Å²) in [5.41, 5.74) is 2.51. The van der Waals surface area contributed by atoms with E-state index in [0.29, 0.717) is 5.92 Å². The minimum absolute atomic E-state index is 0.682. The van der Waals surface area contributed by atoms with Gasteiger partial charge in [0.25, 0.3) is 0 Å². The summed E-state index contributed by atoms with van der Waals surface area (Å²) in [4.78, 5) is 4.26. The molecule has 0 aromatic rings. The topological polar surface area (TPSA) is 12.4 Å². The second kappa shape index (κ2) is 7.54. The van der Waals surface area contributed by atoms with E-state index in [1.54, 1.807) is 0 Å². The minimum Gasteiger partial charge on any atom is -0.266 e. The molecule has 0 aliphatic rings. The Bertz CT molecular complexity index is 230. The van der Waals surface area contributed by atoms with Crippen molar-refractivity contribution < 1.29 is 0 Å². The number of hydrogen-bond acceptors (Lipinski definition) is 1. The molecule has 0 bridgehead atoms. The molecule has 0 saturated heterocycles.